The SMILES string of the molecule is CC(C)C(=O)Nc1ccc(S(=O)(=O)NCCNC(=O)c2ccc(NC(=O)C(C)(C)C)cc2)cc1. The van der Waals surface area contributed by atoms with Gasteiger partial charge in [0.05, 0.1) is 4.90 Å². The van der Waals surface area contributed by atoms with Crippen LogP contribution in [-0.4, -0.2) is 39.2 Å². The molecule has 0 heterocycles. The van der Waals surface area contributed by atoms with Crippen molar-refractivity contribution in [2.75, 3.05) is 23.7 Å². The van der Waals surface area contributed by atoms with Crippen molar-refractivity contribution < 1.29 is 22.8 Å². The summed E-state index contributed by atoms with van der Waals surface area (Å²) in [5, 5.41) is 8.13. The van der Waals surface area contributed by atoms with Crippen LogP contribution in [0, 0.1) is 11.3 Å². The van der Waals surface area contributed by atoms with Crippen molar-refractivity contribution in [3.63, 3.8) is 0 Å². The molecule has 9 nitrogen and oxygen atoms in total. The molecule has 0 saturated heterocycles. The summed E-state index contributed by atoms with van der Waals surface area (Å²) >= 11 is 0. The predicted molar refractivity (Wildman–Crippen MR) is 132 cm³/mol. The van der Waals surface area contributed by atoms with Gasteiger partial charge >= 0.3 is 0 Å². The maximum atomic E-state index is 12.4. The Balaban J connectivity index is 1.83. The molecule has 0 unspecified atom stereocenters. The van der Waals surface area contributed by atoms with Gasteiger partial charge in [0, 0.05) is 41.4 Å². The van der Waals surface area contributed by atoms with Crippen molar-refractivity contribution in [1.29, 1.82) is 0 Å². The van der Waals surface area contributed by atoms with Crippen molar-refractivity contribution in [2.45, 2.75) is 39.5 Å². The maximum absolute atomic E-state index is 12.4. The van der Waals surface area contributed by atoms with E-state index in [2.05, 4.69) is 20.7 Å². The number of carbonyl (C=O) groups excluding carboxylic acids is 3. The zero-order valence-electron chi connectivity index (χ0n) is 20.1. The standard InChI is InChI=1S/C24H32N4O5S/c1-16(2)21(29)27-18-10-12-20(13-11-18)34(32,33)26-15-14-25-22(30)17-6-8-19(9-7-17)28-23(31)24(3,4)5/h6-13,16,26H,14-15H2,1-5H3,(H,25,30)(H,27,29)(H,28,31). The zero-order chi connectivity index (χ0) is 25.5. The van der Waals surface area contributed by atoms with Crippen LogP contribution in [0.3, 0.4) is 0 Å². The Kier molecular flexibility index (Phi) is 8.94. The van der Waals surface area contributed by atoms with Crippen LogP contribution in [0.1, 0.15) is 45.0 Å². The van der Waals surface area contributed by atoms with E-state index in [9.17, 15) is 22.8 Å². The number of benzene rings is 2. The van der Waals surface area contributed by atoms with E-state index in [0.29, 0.717) is 16.9 Å². The lowest BCUT2D eigenvalue weighted by Crippen LogP contribution is -2.34. The first-order valence-corrected chi connectivity index (χ1v) is 12.4. The molecule has 4 N–H and O–H groups in total. The number of carbonyl (C=O) groups is 3. The number of hydrogen-bond donors (Lipinski definition) is 4. The first-order chi connectivity index (χ1) is 15.8. The summed E-state index contributed by atoms with van der Waals surface area (Å²) < 4.78 is 27.3. The fourth-order valence-corrected chi connectivity index (χ4v) is 3.61. The van der Waals surface area contributed by atoms with Gasteiger partial charge in [-0.25, -0.2) is 13.1 Å². The summed E-state index contributed by atoms with van der Waals surface area (Å²) in [6.45, 7) is 9.03. The summed E-state index contributed by atoms with van der Waals surface area (Å²) in [6, 6.07) is 12.3. The highest BCUT2D eigenvalue weighted by molar-refractivity contribution is 7.89. The molecule has 0 atom stereocenters. The van der Waals surface area contributed by atoms with Crippen LogP contribution in [0.2, 0.25) is 0 Å². The van der Waals surface area contributed by atoms with E-state index in [0.717, 1.165) is 0 Å². The quantitative estimate of drug-likeness (QED) is 0.403. The fraction of sp³-hybridized carbons (Fsp3) is 0.375. The molecule has 0 saturated carbocycles. The van der Waals surface area contributed by atoms with Gasteiger partial charge < -0.3 is 16.0 Å². The molecule has 3 amide bonds. The minimum Gasteiger partial charge on any atom is -0.351 e. The molecular formula is C24H32N4O5S. The second kappa shape index (κ2) is 11.3. The average Bonchev–Trinajstić information content (AvgIpc) is 2.76. The molecule has 0 aliphatic heterocycles. The molecule has 0 bridgehead atoms. The predicted octanol–water partition coefficient (Wildman–Crippen LogP) is 2.97. The van der Waals surface area contributed by atoms with Gasteiger partial charge in [0.15, 0.2) is 0 Å². The summed E-state index contributed by atoms with van der Waals surface area (Å²) in [5.74, 6) is -0.841. The molecule has 0 aromatic heterocycles. The van der Waals surface area contributed by atoms with E-state index in [1.165, 1.54) is 24.3 Å². The molecule has 2 rings (SSSR count). The van der Waals surface area contributed by atoms with Crippen LogP contribution in [-0.2, 0) is 19.6 Å². The molecule has 184 valence electrons. The third-order valence-electron chi connectivity index (χ3n) is 4.75. The molecule has 0 aliphatic carbocycles. The average molecular weight is 489 g/mol. The van der Waals surface area contributed by atoms with Crippen LogP contribution in [0.25, 0.3) is 0 Å². The third-order valence-corrected chi connectivity index (χ3v) is 6.22. The summed E-state index contributed by atoms with van der Waals surface area (Å²) in [4.78, 5) is 36.1. The van der Waals surface area contributed by atoms with Gasteiger partial charge in [-0.15, -0.1) is 0 Å². The van der Waals surface area contributed by atoms with Gasteiger partial charge in [0.2, 0.25) is 21.8 Å². The van der Waals surface area contributed by atoms with Crippen LogP contribution < -0.4 is 20.7 Å². The Morgan fingerprint density at radius 2 is 1.35 bits per heavy atom. The Morgan fingerprint density at radius 3 is 1.88 bits per heavy atom. The highest BCUT2D eigenvalue weighted by Crippen LogP contribution is 2.18. The lowest BCUT2D eigenvalue weighted by Gasteiger charge is -2.17. The van der Waals surface area contributed by atoms with Gasteiger partial charge in [-0.05, 0) is 48.5 Å². The second-order valence-corrected chi connectivity index (χ2v) is 10.9. The maximum Gasteiger partial charge on any atom is 0.251 e. The number of hydrogen-bond acceptors (Lipinski definition) is 5. The van der Waals surface area contributed by atoms with Crippen molar-refractivity contribution in [3.05, 3.63) is 54.1 Å². The van der Waals surface area contributed by atoms with Gasteiger partial charge in [-0.2, -0.15) is 0 Å². The van der Waals surface area contributed by atoms with Crippen LogP contribution in [0.15, 0.2) is 53.4 Å². The van der Waals surface area contributed by atoms with Gasteiger partial charge in [-0.1, -0.05) is 34.6 Å². The van der Waals surface area contributed by atoms with E-state index in [-0.39, 0.29) is 41.6 Å². The van der Waals surface area contributed by atoms with Crippen molar-refractivity contribution >= 4 is 39.1 Å². The largest absolute Gasteiger partial charge is 0.351 e. The Hall–Kier alpha value is -3.24. The third kappa shape index (κ3) is 7.96. The van der Waals surface area contributed by atoms with E-state index < -0.39 is 15.4 Å². The van der Waals surface area contributed by atoms with Gasteiger partial charge in [-0.3, -0.25) is 14.4 Å². The van der Waals surface area contributed by atoms with Crippen LogP contribution >= 0.6 is 0 Å². The number of anilines is 2. The summed E-state index contributed by atoms with van der Waals surface area (Å²) in [7, 11) is -3.77. The molecular weight excluding hydrogens is 456 g/mol. The Labute approximate surface area is 200 Å². The molecule has 34 heavy (non-hydrogen) atoms. The van der Waals surface area contributed by atoms with E-state index in [1.807, 2.05) is 0 Å². The first-order valence-electron chi connectivity index (χ1n) is 10.9. The highest BCUT2D eigenvalue weighted by atomic mass is 32.2. The lowest BCUT2D eigenvalue weighted by molar-refractivity contribution is -0.123. The molecule has 10 heteroatoms. The van der Waals surface area contributed by atoms with Crippen molar-refractivity contribution in [1.82, 2.24) is 10.0 Å². The zero-order valence-corrected chi connectivity index (χ0v) is 20.9. The molecule has 0 aliphatic rings. The number of sulfonamides is 1. The fourth-order valence-electron chi connectivity index (χ4n) is 2.57. The normalized spacial score (nSPS) is 11.7. The highest BCUT2D eigenvalue weighted by Gasteiger charge is 2.21. The van der Waals surface area contributed by atoms with Crippen molar-refractivity contribution in [2.24, 2.45) is 11.3 Å². The first kappa shape index (κ1) is 27.0. The molecule has 0 fully saturated rings. The smallest absolute Gasteiger partial charge is 0.251 e. The summed E-state index contributed by atoms with van der Waals surface area (Å²) in [6.07, 6.45) is 0. The Morgan fingerprint density at radius 1 is 0.824 bits per heavy atom. The Bertz CT molecular complexity index is 1120. The lowest BCUT2D eigenvalue weighted by atomic mass is 9.95. The number of amides is 3. The van der Waals surface area contributed by atoms with Crippen molar-refractivity contribution in [3.8, 4) is 0 Å². The molecule has 2 aromatic carbocycles. The monoisotopic (exact) mass is 488 g/mol. The number of nitrogens with one attached hydrogen (secondary N) is 4. The van der Waals surface area contributed by atoms with Crippen LogP contribution in [0.5, 0.6) is 0 Å². The van der Waals surface area contributed by atoms with E-state index >= 15 is 0 Å². The number of rotatable bonds is 9. The summed E-state index contributed by atoms with van der Waals surface area (Å²) in [5.41, 5.74) is 0.943. The minimum atomic E-state index is -3.77. The topological polar surface area (TPSA) is 133 Å². The molecule has 0 spiro atoms. The molecule has 2 aromatic rings. The minimum absolute atomic E-state index is 0.000363. The second-order valence-electron chi connectivity index (χ2n) is 9.10. The van der Waals surface area contributed by atoms with Gasteiger partial charge in [0.25, 0.3) is 5.91 Å². The van der Waals surface area contributed by atoms with Gasteiger partial charge in [0.1, 0.15) is 0 Å². The van der Waals surface area contributed by atoms with E-state index in [4.69, 9.17) is 0 Å². The van der Waals surface area contributed by atoms with E-state index in [1.54, 1.807) is 58.9 Å². The molecule has 0 radical (unpaired) electrons. The van der Waals surface area contributed by atoms with Crippen LogP contribution in [0.4, 0.5) is 11.4 Å².